The molecule has 0 amide bonds. The van der Waals surface area contributed by atoms with Crippen LogP contribution in [-0.4, -0.2) is 18.8 Å². The molecule has 1 atom stereocenters. The maximum atomic E-state index is 11.6. The number of nitrogen functional groups attached to an aromatic ring is 1. The van der Waals surface area contributed by atoms with E-state index >= 15 is 0 Å². The lowest BCUT2D eigenvalue weighted by atomic mass is 10.3. The molecule has 0 spiro atoms. The molecule has 2 N–H and O–H groups in total. The third-order valence-electron chi connectivity index (χ3n) is 1.72. The summed E-state index contributed by atoms with van der Waals surface area (Å²) < 4.78 is 4.90. The largest absolute Gasteiger partial charge is 0.459 e. The summed E-state index contributed by atoms with van der Waals surface area (Å²) in [5.41, 5.74) is 6.34. The number of thiophene rings is 1. The Morgan fingerprint density at radius 2 is 2.47 bits per heavy atom. The molecule has 0 saturated heterocycles. The van der Waals surface area contributed by atoms with Crippen LogP contribution >= 0.6 is 20.3 Å². The van der Waals surface area contributed by atoms with Crippen molar-refractivity contribution in [2.75, 3.05) is 18.6 Å². The van der Waals surface area contributed by atoms with Crippen molar-refractivity contribution in [3.8, 4) is 6.07 Å². The Morgan fingerprint density at radius 1 is 1.80 bits per heavy atom. The van der Waals surface area contributed by atoms with E-state index in [-0.39, 0.29) is 5.69 Å². The van der Waals surface area contributed by atoms with Gasteiger partial charge in [0.25, 0.3) is 4.88 Å². The number of nitrogens with two attached hydrogens (primary N) is 1. The number of carbonyl (C=O) groups is 1. The molecule has 0 aliphatic carbocycles. The first kappa shape index (κ1) is 11.9. The highest BCUT2D eigenvalue weighted by atomic mass is 33.1. The normalized spacial score (nSPS) is 10.9. The molecule has 4 nitrogen and oxygen atoms in total. The zero-order valence-corrected chi connectivity index (χ0v) is 10.1. The molecular weight excluding hydrogens is 232 g/mol. The summed E-state index contributed by atoms with van der Waals surface area (Å²) in [6.45, 7) is 2.04. The lowest BCUT2D eigenvalue weighted by molar-refractivity contribution is 0.0533. The van der Waals surface area contributed by atoms with E-state index in [4.69, 9.17) is 15.7 Å². The molecule has 80 valence electrons. The van der Waals surface area contributed by atoms with Crippen molar-refractivity contribution < 1.29 is 9.53 Å². The van der Waals surface area contributed by atoms with E-state index in [0.717, 1.165) is 0 Å². The van der Waals surface area contributed by atoms with E-state index < -0.39 is 15.5 Å². The highest BCUT2D eigenvalue weighted by Gasteiger charge is 2.31. The number of hydrogen-bond acceptors (Lipinski definition) is 5. The quantitative estimate of drug-likeness (QED) is 0.500. The molecule has 1 rings (SSSR count). The van der Waals surface area contributed by atoms with Crippen LogP contribution < -0.4 is 5.73 Å². The van der Waals surface area contributed by atoms with E-state index in [1.165, 1.54) is 10.8 Å². The van der Waals surface area contributed by atoms with Crippen molar-refractivity contribution in [3.05, 3.63) is 15.8 Å². The fourth-order valence-corrected chi connectivity index (χ4v) is 3.94. The van der Waals surface area contributed by atoms with Crippen LogP contribution in [0.4, 0.5) is 5.69 Å². The minimum atomic E-state index is -0.451. The average molecular weight is 243 g/mol. The van der Waals surface area contributed by atoms with E-state index in [0.29, 0.717) is 17.0 Å². The third kappa shape index (κ3) is 2.25. The second-order valence-corrected chi connectivity index (χ2v) is 6.22. The average Bonchev–Trinajstić information content (AvgIpc) is 2.55. The molecule has 0 fully saturated rings. The Kier molecular flexibility index (Phi) is 4.00. The van der Waals surface area contributed by atoms with Crippen LogP contribution in [0, 0.1) is 11.3 Å². The molecule has 0 bridgehead atoms. The number of esters is 1. The van der Waals surface area contributed by atoms with E-state index in [1.807, 2.05) is 12.3 Å². The first-order valence-corrected chi connectivity index (χ1v) is 7.25. The van der Waals surface area contributed by atoms with Gasteiger partial charge in [-0.3, -0.25) is 0 Å². The number of anilines is 1. The van der Waals surface area contributed by atoms with E-state index in [2.05, 4.69) is 0 Å². The molecule has 1 unspecified atom stereocenters. The molecule has 0 aliphatic heterocycles. The topological polar surface area (TPSA) is 76.1 Å². The molecule has 0 aliphatic rings. The number of hydrogen-bond donors (Lipinski definition) is 1. The van der Waals surface area contributed by atoms with Gasteiger partial charge in [-0.1, -0.05) is 0 Å². The van der Waals surface area contributed by atoms with Crippen molar-refractivity contribution in [3.63, 3.8) is 0 Å². The Balaban J connectivity index is 3.21. The molecule has 0 aromatic carbocycles. The van der Waals surface area contributed by atoms with Crippen molar-refractivity contribution >= 4 is 32.0 Å². The van der Waals surface area contributed by atoms with Gasteiger partial charge in [0.2, 0.25) is 0 Å². The molecule has 6 heteroatoms. The summed E-state index contributed by atoms with van der Waals surface area (Å²) in [5.74, 6) is -0.422. The Bertz CT molecular complexity index is 420. The number of ether oxygens (including phenoxy) is 1. The highest BCUT2D eigenvalue weighted by Crippen LogP contribution is 2.42. The third-order valence-corrected chi connectivity index (χ3v) is 5.19. The molecular formula is C9H11N2O2S2+. The van der Waals surface area contributed by atoms with Crippen LogP contribution in [0.3, 0.4) is 0 Å². The van der Waals surface area contributed by atoms with Gasteiger partial charge in [0, 0.05) is 6.26 Å². The maximum absolute atomic E-state index is 11.6. The van der Waals surface area contributed by atoms with Gasteiger partial charge in [-0.25, -0.2) is 4.79 Å². The minimum Gasteiger partial charge on any atom is -0.459 e. The summed E-state index contributed by atoms with van der Waals surface area (Å²) >= 11 is 0. The summed E-state index contributed by atoms with van der Waals surface area (Å²) in [4.78, 5) is 12.0. The van der Waals surface area contributed by atoms with Crippen LogP contribution in [-0.2, 0) is 4.74 Å². The molecule has 0 saturated carbocycles. The second-order valence-electron chi connectivity index (χ2n) is 2.57. The van der Waals surface area contributed by atoms with Gasteiger partial charge in [-0.2, -0.15) is 5.26 Å². The predicted octanol–water partition coefficient (Wildman–Crippen LogP) is 2.19. The summed E-state index contributed by atoms with van der Waals surface area (Å²) in [5, 5.41) is 10.5. The van der Waals surface area contributed by atoms with Crippen LogP contribution in [0.2, 0.25) is 0 Å². The smallest absolute Gasteiger partial charge is 0.394 e. The fourth-order valence-electron chi connectivity index (χ4n) is 1.07. The van der Waals surface area contributed by atoms with Crippen molar-refractivity contribution in [2.45, 2.75) is 6.92 Å². The lowest BCUT2D eigenvalue weighted by Gasteiger charge is -1.96. The van der Waals surface area contributed by atoms with Crippen LogP contribution in [0.5, 0.6) is 0 Å². The van der Waals surface area contributed by atoms with Gasteiger partial charge in [0.05, 0.1) is 16.1 Å². The van der Waals surface area contributed by atoms with Gasteiger partial charge in [0.15, 0.2) is 5.38 Å². The molecule has 1 aromatic heterocycles. The standard InChI is InChI=1S/C9H10N2O2S2/c1-3-13-9(12)8-7(11)6(4-10)5-15(8)14-2/h5H,3H2,1-2H3,(H-,11,12)/p+1. The first-order chi connectivity index (χ1) is 7.15. The van der Waals surface area contributed by atoms with Gasteiger partial charge in [-0.15, -0.1) is 0 Å². The minimum absolute atomic E-state index is 0.258. The monoisotopic (exact) mass is 243 g/mol. The lowest BCUT2D eigenvalue weighted by Crippen LogP contribution is -2.06. The van der Waals surface area contributed by atoms with Crippen molar-refractivity contribution in [2.24, 2.45) is 0 Å². The van der Waals surface area contributed by atoms with Crippen LogP contribution in [0.15, 0.2) is 5.38 Å². The Morgan fingerprint density at radius 3 is 2.93 bits per heavy atom. The fraction of sp³-hybridized carbons (Fsp3) is 0.333. The van der Waals surface area contributed by atoms with Crippen LogP contribution in [0.25, 0.3) is 0 Å². The van der Waals surface area contributed by atoms with Gasteiger partial charge < -0.3 is 10.5 Å². The predicted molar refractivity (Wildman–Crippen MR) is 62.9 cm³/mol. The molecule has 1 aromatic rings. The first-order valence-electron chi connectivity index (χ1n) is 4.22. The van der Waals surface area contributed by atoms with Gasteiger partial charge in [-0.05, 0) is 6.92 Å². The zero-order chi connectivity index (χ0) is 11.4. The number of nitriles is 1. The van der Waals surface area contributed by atoms with Gasteiger partial charge in [0.1, 0.15) is 28.1 Å². The summed E-state index contributed by atoms with van der Waals surface area (Å²) in [6.07, 6.45) is 1.87. The van der Waals surface area contributed by atoms with E-state index in [1.54, 1.807) is 12.3 Å². The number of carbonyl (C=O) groups excluding carboxylic acids is 1. The number of rotatable bonds is 3. The van der Waals surface area contributed by atoms with Crippen molar-refractivity contribution in [1.29, 1.82) is 5.26 Å². The van der Waals surface area contributed by atoms with Crippen LogP contribution in [0.1, 0.15) is 22.2 Å². The summed E-state index contributed by atoms with van der Waals surface area (Å²) in [6, 6.07) is 1.97. The molecule has 1 heterocycles. The SMILES string of the molecule is CCOC(=O)c1c(N)c(C#N)c[s+]1SC. The molecule has 0 radical (unpaired) electrons. The van der Waals surface area contributed by atoms with E-state index in [9.17, 15) is 4.79 Å². The Labute approximate surface area is 94.4 Å². The van der Waals surface area contributed by atoms with Crippen molar-refractivity contribution in [1.82, 2.24) is 0 Å². The summed E-state index contributed by atoms with van der Waals surface area (Å²) in [7, 11) is 1.03. The number of nitrogens with zero attached hydrogens (tertiary/aromatic N) is 1. The second kappa shape index (κ2) is 5.05. The highest BCUT2D eigenvalue weighted by molar-refractivity contribution is 8.45. The maximum Gasteiger partial charge on any atom is 0.394 e. The van der Waals surface area contributed by atoms with Gasteiger partial charge >= 0.3 is 5.97 Å². The molecule has 15 heavy (non-hydrogen) atoms. The zero-order valence-electron chi connectivity index (χ0n) is 8.44. The Hall–Kier alpha value is -1.19.